The number of aromatic nitrogens is 4. The third-order valence-electron chi connectivity index (χ3n) is 7.79. The molecule has 0 radical (unpaired) electrons. The first-order valence-electron chi connectivity index (χ1n) is 14.0. The highest BCUT2D eigenvalue weighted by atomic mass is 32.2. The second-order valence-electron chi connectivity index (χ2n) is 10.6. The minimum atomic E-state index is -3.31. The Morgan fingerprint density at radius 3 is 2.69 bits per heavy atom. The van der Waals surface area contributed by atoms with Crippen molar-refractivity contribution in [2.45, 2.75) is 24.6 Å². The highest BCUT2D eigenvalue weighted by Gasteiger charge is 2.28. The molecule has 12 heteroatoms. The first-order chi connectivity index (χ1) is 20.4. The maximum absolute atomic E-state index is 13.0. The van der Waals surface area contributed by atoms with Crippen LogP contribution in [0.1, 0.15) is 28.9 Å². The fourth-order valence-corrected chi connectivity index (χ4v) is 6.74. The lowest BCUT2D eigenvalue weighted by molar-refractivity contribution is 0.102. The Kier molecular flexibility index (Phi) is 8.00. The molecular formula is C30H33N7O4S. The predicted molar refractivity (Wildman–Crippen MR) is 162 cm³/mol. The van der Waals surface area contributed by atoms with Crippen molar-refractivity contribution in [3.8, 4) is 11.3 Å². The molecule has 2 aliphatic rings. The number of anilines is 2. The Labute approximate surface area is 244 Å². The number of aromatic amines is 1. The van der Waals surface area contributed by atoms with Gasteiger partial charge in [-0.05, 0) is 60.8 Å². The number of piperidine rings is 1. The summed E-state index contributed by atoms with van der Waals surface area (Å²) in [6.45, 7) is 8.19. The Morgan fingerprint density at radius 2 is 1.90 bits per heavy atom. The van der Waals surface area contributed by atoms with Crippen LogP contribution in [0, 0.1) is 0 Å². The van der Waals surface area contributed by atoms with E-state index in [2.05, 4.69) is 47.7 Å². The van der Waals surface area contributed by atoms with Crippen LogP contribution in [0.5, 0.6) is 0 Å². The molecule has 0 aliphatic carbocycles. The molecule has 218 valence electrons. The van der Waals surface area contributed by atoms with Gasteiger partial charge in [0.2, 0.25) is 0 Å². The average Bonchev–Trinajstić information content (AvgIpc) is 3.47. The maximum Gasteiger partial charge on any atom is 0.274 e. The average molecular weight is 588 g/mol. The Morgan fingerprint density at radius 1 is 1.10 bits per heavy atom. The molecule has 11 nitrogen and oxygen atoms in total. The zero-order chi connectivity index (χ0) is 29.1. The van der Waals surface area contributed by atoms with Crippen LogP contribution in [-0.4, -0.2) is 83.8 Å². The van der Waals surface area contributed by atoms with Crippen molar-refractivity contribution in [3.05, 3.63) is 78.2 Å². The van der Waals surface area contributed by atoms with E-state index in [4.69, 9.17) is 4.74 Å². The van der Waals surface area contributed by atoms with E-state index in [-0.39, 0.29) is 5.91 Å². The number of rotatable bonds is 8. The molecular weight excluding hydrogens is 554 g/mol. The van der Waals surface area contributed by atoms with Gasteiger partial charge in [0.1, 0.15) is 23.5 Å². The number of morpholine rings is 1. The largest absolute Gasteiger partial charge is 0.378 e. The third-order valence-corrected chi connectivity index (χ3v) is 9.57. The lowest BCUT2D eigenvalue weighted by atomic mass is 10.1. The molecule has 1 aromatic carbocycles. The van der Waals surface area contributed by atoms with Crippen molar-refractivity contribution in [1.82, 2.24) is 24.8 Å². The molecule has 2 aliphatic heterocycles. The van der Waals surface area contributed by atoms with Crippen molar-refractivity contribution in [2.75, 3.05) is 49.6 Å². The molecule has 1 atom stereocenters. The fourth-order valence-electron chi connectivity index (χ4n) is 5.55. The van der Waals surface area contributed by atoms with Crippen molar-refractivity contribution in [3.63, 3.8) is 0 Å². The summed E-state index contributed by atoms with van der Waals surface area (Å²) in [5.74, 6) is 0.581. The minimum absolute atomic E-state index is 0.300. The summed E-state index contributed by atoms with van der Waals surface area (Å²) in [6, 6.07) is 13.3. The Balaban J connectivity index is 1.12. The van der Waals surface area contributed by atoms with E-state index >= 15 is 0 Å². The van der Waals surface area contributed by atoms with Crippen LogP contribution >= 0.6 is 0 Å². The van der Waals surface area contributed by atoms with E-state index in [0.29, 0.717) is 44.1 Å². The first-order valence-corrected chi connectivity index (χ1v) is 15.6. The smallest absolute Gasteiger partial charge is 0.274 e. The minimum Gasteiger partial charge on any atom is -0.378 e. The zero-order valence-electron chi connectivity index (χ0n) is 23.2. The summed E-state index contributed by atoms with van der Waals surface area (Å²) >= 11 is 0. The van der Waals surface area contributed by atoms with Crippen LogP contribution in [0.15, 0.2) is 67.0 Å². The predicted octanol–water partition coefficient (Wildman–Crippen LogP) is 3.63. The maximum atomic E-state index is 13.0. The van der Waals surface area contributed by atoms with Gasteiger partial charge in [-0.25, -0.2) is 18.4 Å². The van der Waals surface area contributed by atoms with E-state index in [1.807, 2.05) is 30.3 Å². The standard InChI is InChI=1S/C30H33N7O4S/c1-2-42(39,40)24-4-3-11-36(19-24)18-21-9-10-31-27(16-21)30(38)34-23-7-5-22(6-8-23)26-17-25-28(35-26)32-20-33-29(25)37-12-14-41-15-13-37/h2,5-10,16-17,20,24H,1,3-4,11-15,18-19H2,(H,34,38)(H,32,33,35)/t24-/m0/s1. The lowest BCUT2D eigenvalue weighted by Gasteiger charge is -2.31. The summed E-state index contributed by atoms with van der Waals surface area (Å²) in [6.07, 6.45) is 4.62. The third kappa shape index (κ3) is 6.06. The van der Waals surface area contributed by atoms with E-state index in [1.54, 1.807) is 18.6 Å². The normalized spacial score (nSPS) is 18.2. The number of carbonyl (C=O) groups is 1. The molecule has 1 amide bonds. The van der Waals surface area contributed by atoms with Crippen molar-refractivity contribution >= 4 is 38.3 Å². The molecule has 0 bridgehead atoms. The van der Waals surface area contributed by atoms with Crippen LogP contribution < -0.4 is 10.2 Å². The summed E-state index contributed by atoms with van der Waals surface area (Å²) in [5, 5.41) is 4.49. The van der Waals surface area contributed by atoms with Crippen LogP contribution in [-0.2, 0) is 21.1 Å². The second-order valence-corrected chi connectivity index (χ2v) is 12.8. The van der Waals surface area contributed by atoms with Gasteiger partial charge in [0.05, 0.1) is 23.8 Å². The molecule has 2 fully saturated rings. The number of fused-ring (bicyclic) bond motifs is 1. The zero-order valence-corrected chi connectivity index (χ0v) is 24.0. The summed E-state index contributed by atoms with van der Waals surface area (Å²) < 4.78 is 30.0. The summed E-state index contributed by atoms with van der Waals surface area (Å²) in [5.41, 5.74) is 4.49. The number of ether oxygens (including phenoxy) is 1. The Hall–Kier alpha value is -4.13. The lowest BCUT2D eigenvalue weighted by Crippen LogP contribution is -2.41. The topological polar surface area (TPSA) is 133 Å². The van der Waals surface area contributed by atoms with Crippen molar-refractivity contribution in [2.24, 2.45) is 0 Å². The van der Waals surface area contributed by atoms with E-state index in [1.165, 1.54) is 0 Å². The quantitative estimate of drug-likeness (QED) is 0.317. The number of amides is 1. The van der Waals surface area contributed by atoms with Crippen LogP contribution in [0.2, 0.25) is 0 Å². The van der Waals surface area contributed by atoms with Gasteiger partial charge in [-0.1, -0.05) is 18.7 Å². The highest BCUT2D eigenvalue weighted by molar-refractivity contribution is 7.94. The molecule has 3 aromatic heterocycles. The van der Waals surface area contributed by atoms with Crippen molar-refractivity contribution in [1.29, 1.82) is 0 Å². The number of hydrogen-bond acceptors (Lipinski definition) is 9. The van der Waals surface area contributed by atoms with Gasteiger partial charge in [-0.2, -0.15) is 0 Å². The number of sulfone groups is 1. The van der Waals surface area contributed by atoms with Crippen LogP contribution in [0.3, 0.4) is 0 Å². The SMILES string of the molecule is C=CS(=O)(=O)[C@H]1CCCN(Cc2ccnc(C(=O)Nc3ccc(-c4cc5c(N6CCOCC6)ncnc5[nH]4)cc3)c2)C1. The number of nitrogens with one attached hydrogen (secondary N) is 2. The number of benzene rings is 1. The first kappa shape index (κ1) is 28.0. The molecule has 4 aromatic rings. The molecule has 0 unspecified atom stereocenters. The van der Waals surface area contributed by atoms with Gasteiger partial charge >= 0.3 is 0 Å². The van der Waals surface area contributed by atoms with E-state index in [9.17, 15) is 13.2 Å². The molecule has 42 heavy (non-hydrogen) atoms. The highest BCUT2D eigenvalue weighted by Crippen LogP contribution is 2.30. The molecule has 6 rings (SSSR count). The van der Waals surface area contributed by atoms with Gasteiger partial charge in [-0.15, -0.1) is 0 Å². The number of carbonyl (C=O) groups excluding carboxylic acids is 1. The second kappa shape index (κ2) is 12.0. The monoisotopic (exact) mass is 587 g/mol. The van der Waals surface area contributed by atoms with Crippen molar-refractivity contribution < 1.29 is 17.9 Å². The summed E-state index contributed by atoms with van der Waals surface area (Å²) in [7, 11) is -3.31. The van der Waals surface area contributed by atoms with Crippen LogP contribution in [0.4, 0.5) is 11.5 Å². The number of likely N-dealkylation sites (tertiary alicyclic amines) is 1. The number of H-pyrrole nitrogens is 1. The van der Waals surface area contributed by atoms with Gasteiger partial charge < -0.3 is 19.9 Å². The number of pyridine rings is 1. The summed E-state index contributed by atoms with van der Waals surface area (Å²) in [4.78, 5) is 33.9. The van der Waals surface area contributed by atoms with Crippen LogP contribution in [0.25, 0.3) is 22.3 Å². The number of hydrogen-bond donors (Lipinski definition) is 2. The molecule has 2 N–H and O–H groups in total. The molecule has 0 saturated carbocycles. The van der Waals surface area contributed by atoms with Gasteiger partial charge in [0.25, 0.3) is 5.91 Å². The molecule has 0 spiro atoms. The fraction of sp³-hybridized carbons (Fsp3) is 0.333. The van der Waals surface area contributed by atoms with E-state index < -0.39 is 15.1 Å². The Bertz CT molecular complexity index is 1700. The molecule has 5 heterocycles. The molecule has 2 saturated heterocycles. The van der Waals surface area contributed by atoms with Gasteiger partial charge in [0.15, 0.2) is 9.84 Å². The van der Waals surface area contributed by atoms with E-state index in [0.717, 1.165) is 65.1 Å². The van der Waals surface area contributed by atoms with Gasteiger partial charge in [-0.3, -0.25) is 14.7 Å². The number of nitrogens with zero attached hydrogens (tertiary/aromatic N) is 5. The van der Waals surface area contributed by atoms with Gasteiger partial charge in [0, 0.05) is 49.2 Å².